The van der Waals surface area contributed by atoms with Gasteiger partial charge >= 0.3 is 0 Å². The van der Waals surface area contributed by atoms with Crippen LogP contribution in [0.4, 0.5) is 0 Å². The first kappa shape index (κ1) is 13.7. The Bertz CT molecular complexity index is 945. The van der Waals surface area contributed by atoms with Crippen molar-refractivity contribution in [2.45, 2.75) is 6.10 Å². The van der Waals surface area contributed by atoms with Gasteiger partial charge in [0.25, 0.3) is 0 Å². The predicted molar refractivity (Wildman–Crippen MR) is 91.6 cm³/mol. The van der Waals surface area contributed by atoms with Crippen molar-refractivity contribution in [2.24, 2.45) is 0 Å². The lowest BCUT2D eigenvalue weighted by atomic mass is 9.97. The molecule has 0 spiro atoms. The Morgan fingerprint density at radius 2 is 1.61 bits per heavy atom. The molecular weight excluding hydrogens is 284 g/mol. The van der Waals surface area contributed by atoms with Gasteiger partial charge < -0.3 is 5.11 Å². The Morgan fingerprint density at radius 3 is 2.43 bits per heavy atom. The minimum atomic E-state index is -0.694. The Balaban J connectivity index is 1.81. The first-order chi connectivity index (χ1) is 11.3. The third-order valence-corrected chi connectivity index (χ3v) is 4.07. The molecule has 4 aromatic rings. The number of benzene rings is 3. The number of aliphatic hydroxyl groups excluding tert-OH is 1. The van der Waals surface area contributed by atoms with E-state index >= 15 is 0 Å². The monoisotopic (exact) mass is 300 g/mol. The molecule has 0 amide bonds. The third kappa shape index (κ3) is 2.51. The van der Waals surface area contributed by atoms with Crippen LogP contribution in [0.2, 0.25) is 0 Å². The molecule has 1 atom stereocenters. The summed E-state index contributed by atoms with van der Waals surface area (Å²) in [7, 11) is 0. The molecule has 23 heavy (non-hydrogen) atoms. The van der Waals surface area contributed by atoms with Crippen LogP contribution in [0.25, 0.3) is 16.5 Å². The van der Waals surface area contributed by atoms with Gasteiger partial charge in [0.15, 0.2) is 0 Å². The van der Waals surface area contributed by atoms with Gasteiger partial charge in [0.2, 0.25) is 0 Å². The van der Waals surface area contributed by atoms with Crippen LogP contribution < -0.4 is 0 Å². The molecule has 3 heteroatoms. The summed E-state index contributed by atoms with van der Waals surface area (Å²) in [5, 5.41) is 17.5. The zero-order chi connectivity index (χ0) is 15.6. The molecule has 0 saturated carbocycles. The van der Waals surface area contributed by atoms with E-state index in [1.165, 1.54) is 5.39 Å². The zero-order valence-corrected chi connectivity index (χ0v) is 12.5. The molecule has 1 heterocycles. The summed E-state index contributed by atoms with van der Waals surface area (Å²) in [6, 6.07) is 23.9. The molecule has 0 bridgehead atoms. The average Bonchev–Trinajstić information content (AvgIpc) is 3.15. The maximum Gasteiger partial charge on any atom is 0.106 e. The van der Waals surface area contributed by atoms with Crippen molar-refractivity contribution in [1.82, 2.24) is 9.78 Å². The van der Waals surface area contributed by atoms with Gasteiger partial charge in [0, 0.05) is 18.0 Å². The zero-order valence-electron chi connectivity index (χ0n) is 12.5. The van der Waals surface area contributed by atoms with Crippen molar-refractivity contribution in [3.05, 3.63) is 96.3 Å². The highest BCUT2D eigenvalue weighted by Gasteiger charge is 2.15. The largest absolute Gasteiger partial charge is 0.384 e. The van der Waals surface area contributed by atoms with Gasteiger partial charge in [0.1, 0.15) is 6.10 Å². The van der Waals surface area contributed by atoms with Crippen molar-refractivity contribution < 1.29 is 5.11 Å². The number of hydrogen-bond donors (Lipinski definition) is 1. The van der Waals surface area contributed by atoms with Crippen molar-refractivity contribution in [1.29, 1.82) is 0 Å². The van der Waals surface area contributed by atoms with Gasteiger partial charge in [-0.3, -0.25) is 0 Å². The number of rotatable bonds is 3. The molecule has 0 saturated heterocycles. The first-order valence-corrected chi connectivity index (χ1v) is 7.58. The second-order valence-electron chi connectivity index (χ2n) is 5.52. The highest BCUT2D eigenvalue weighted by molar-refractivity contribution is 5.83. The lowest BCUT2D eigenvalue weighted by molar-refractivity contribution is 0.220. The number of aliphatic hydroxyl groups is 1. The fraction of sp³-hybridized carbons (Fsp3) is 0.0500. The first-order valence-electron chi connectivity index (χ1n) is 7.58. The van der Waals surface area contributed by atoms with Crippen LogP contribution in [-0.4, -0.2) is 14.9 Å². The number of nitrogens with zero attached hydrogens (tertiary/aromatic N) is 2. The van der Waals surface area contributed by atoms with E-state index in [4.69, 9.17) is 0 Å². The number of hydrogen-bond acceptors (Lipinski definition) is 2. The topological polar surface area (TPSA) is 38.0 Å². The maximum absolute atomic E-state index is 10.9. The molecule has 4 rings (SSSR count). The standard InChI is InChI=1S/C20H16N2O/c23-20(17-11-10-15-6-1-2-7-16(15)14-17)18-8-3-4-9-19(18)22-13-5-12-21-22/h1-14,20,23H. The van der Waals surface area contributed by atoms with Crippen molar-refractivity contribution in [3.63, 3.8) is 0 Å². The van der Waals surface area contributed by atoms with Crippen molar-refractivity contribution in [2.75, 3.05) is 0 Å². The summed E-state index contributed by atoms with van der Waals surface area (Å²) in [6.07, 6.45) is 2.92. The molecular formula is C20H16N2O. The van der Waals surface area contributed by atoms with Crippen LogP contribution in [0.5, 0.6) is 0 Å². The maximum atomic E-state index is 10.9. The summed E-state index contributed by atoms with van der Waals surface area (Å²) in [5.74, 6) is 0. The lowest BCUT2D eigenvalue weighted by Gasteiger charge is -2.16. The Hall–Kier alpha value is -2.91. The van der Waals surface area contributed by atoms with Gasteiger partial charge in [0.05, 0.1) is 5.69 Å². The van der Waals surface area contributed by atoms with E-state index in [1.807, 2.05) is 66.9 Å². The van der Waals surface area contributed by atoms with Crippen LogP contribution in [0, 0.1) is 0 Å². The second-order valence-corrected chi connectivity index (χ2v) is 5.52. The van der Waals surface area contributed by atoms with Gasteiger partial charge in [-0.1, -0.05) is 54.6 Å². The summed E-state index contributed by atoms with van der Waals surface area (Å²) >= 11 is 0. The summed E-state index contributed by atoms with van der Waals surface area (Å²) < 4.78 is 1.78. The van der Waals surface area contributed by atoms with Crippen LogP contribution >= 0.6 is 0 Å². The minimum Gasteiger partial charge on any atom is -0.384 e. The normalized spacial score (nSPS) is 12.4. The van der Waals surface area contributed by atoms with E-state index in [0.717, 1.165) is 22.2 Å². The van der Waals surface area contributed by atoms with Crippen molar-refractivity contribution >= 4 is 10.8 Å². The molecule has 0 radical (unpaired) electrons. The third-order valence-electron chi connectivity index (χ3n) is 4.07. The Kier molecular flexibility index (Phi) is 3.41. The van der Waals surface area contributed by atoms with Crippen LogP contribution in [-0.2, 0) is 0 Å². The predicted octanol–water partition coefficient (Wildman–Crippen LogP) is 4.11. The van der Waals surface area contributed by atoms with E-state index in [2.05, 4.69) is 17.2 Å². The fourth-order valence-corrected chi connectivity index (χ4v) is 2.90. The Labute approximate surface area is 134 Å². The van der Waals surface area contributed by atoms with E-state index < -0.39 is 6.10 Å². The molecule has 0 aliphatic rings. The quantitative estimate of drug-likeness (QED) is 0.618. The Morgan fingerprint density at radius 1 is 0.826 bits per heavy atom. The SMILES string of the molecule is OC(c1ccc2ccccc2c1)c1ccccc1-n1cccn1. The van der Waals surface area contributed by atoms with Crippen LogP contribution in [0.15, 0.2) is 85.2 Å². The molecule has 1 aromatic heterocycles. The molecule has 0 aliphatic heterocycles. The summed E-state index contributed by atoms with van der Waals surface area (Å²) in [5.41, 5.74) is 2.60. The highest BCUT2D eigenvalue weighted by Crippen LogP contribution is 2.29. The fourth-order valence-electron chi connectivity index (χ4n) is 2.90. The summed E-state index contributed by atoms with van der Waals surface area (Å²) in [4.78, 5) is 0. The van der Waals surface area contributed by atoms with Crippen LogP contribution in [0.1, 0.15) is 17.2 Å². The van der Waals surface area contributed by atoms with Crippen LogP contribution in [0.3, 0.4) is 0 Å². The van der Waals surface area contributed by atoms with Gasteiger partial charge in [-0.2, -0.15) is 5.10 Å². The minimum absolute atomic E-state index is 0.694. The number of fused-ring (bicyclic) bond motifs is 1. The van der Waals surface area contributed by atoms with Gasteiger partial charge in [-0.15, -0.1) is 0 Å². The molecule has 1 N–H and O–H groups in total. The molecule has 1 unspecified atom stereocenters. The molecule has 112 valence electrons. The number of aromatic nitrogens is 2. The highest BCUT2D eigenvalue weighted by atomic mass is 16.3. The van der Waals surface area contributed by atoms with E-state index in [1.54, 1.807) is 10.9 Å². The average molecular weight is 300 g/mol. The molecule has 0 aliphatic carbocycles. The molecule has 3 nitrogen and oxygen atoms in total. The summed E-state index contributed by atoms with van der Waals surface area (Å²) in [6.45, 7) is 0. The van der Waals surface area contributed by atoms with E-state index in [9.17, 15) is 5.11 Å². The lowest BCUT2D eigenvalue weighted by Crippen LogP contribution is -2.06. The smallest absolute Gasteiger partial charge is 0.106 e. The number of para-hydroxylation sites is 1. The van der Waals surface area contributed by atoms with E-state index in [-0.39, 0.29) is 0 Å². The molecule has 3 aromatic carbocycles. The van der Waals surface area contributed by atoms with Crippen molar-refractivity contribution in [3.8, 4) is 5.69 Å². The van der Waals surface area contributed by atoms with E-state index in [0.29, 0.717) is 0 Å². The van der Waals surface area contributed by atoms with Gasteiger partial charge in [-0.05, 0) is 34.5 Å². The molecule has 0 fully saturated rings. The van der Waals surface area contributed by atoms with Gasteiger partial charge in [-0.25, -0.2) is 4.68 Å². The second kappa shape index (κ2) is 5.71.